The molecule has 0 atom stereocenters. The van der Waals surface area contributed by atoms with Gasteiger partial charge in [0, 0.05) is 12.0 Å². The second-order valence-electron chi connectivity index (χ2n) is 5.05. The molecule has 0 unspecified atom stereocenters. The molecule has 0 amide bonds. The number of rotatable bonds is 4. The van der Waals surface area contributed by atoms with E-state index in [0.29, 0.717) is 16.3 Å². The van der Waals surface area contributed by atoms with Gasteiger partial charge < -0.3 is 5.11 Å². The molecule has 2 nitrogen and oxygen atoms in total. The number of thiophene rings is 1. The quantitative estimate of drug-likeness (QED) is 0.616. The van der Waals surface area contributed by atoms with Gasteiger partial charge in [-0.3, -0.25) is 0 Å². The van der Waals surface area contributed by atoms with Gasteiger partial charge in [-0.2, -0.15) is 0 Å². The van der Waals surface area contributed by atoms with E-state index in [1.54, 1.807) is 0 Å². The zero-order valence-electron chi connectivity index (χ0n) is 11.9. The number of benzene rings is 2. The van der Waals surface area contributed by atoms with E-state index in [0.717, 1.165) is 28.0 Å². The van der Waals surface area contributed by atoms with E-state index < -0.39 is 5.97 Å². The van der Waals surface area contributed by atoms with Crippen LogP contribution in [-0.4, -0.2) is 11.1 Å². The monoisotopic (exact) mass is 362 g/mol. The summed E-state index contributed by atoms with van der Waals surface area (Å²) in [5.41, 5.74) is 3.92. The van der Waals surface area contributed by atoms with Gasteiger partial charge in [0.15, 0.2) is 0 Å². The van der Waals surface area contributed by atoms with Crippen molar-refractivity contribution in [1.29, 1.82) is 0 Å². The number of hydrogen-bond acceptors (Lipinski definition) is 2. The summed E-state index contributed by atoms with van der Waals surface area (Å²) in [6, 6.07) is 18.1. The van der Waals surface area contributed by atoms with Crippen LogP contribution in [0.25, 0.3) is 11.1 Å². The Bertz CT molecular complexity index is 839. The molecule has 1 heterocycles. The predicted molar refractivity (Wildman–Crippen MR) is 96.0 cm³/mol. The minimum absolute atomic E-state index is 0.105. The summed E-state index contributed by atoms with van der Waals surface area (Å²) in [5, 5.41) is 9.29. The van der Waals surface area contributed by atoms with Gasteiger partial charge in [-0.15, -0.1) is 11.3 Å². The summed E-state index contributed by atoms with van der Waals surface area (Å²) in [5.74, 6) is -1.05. The number of carboxylic acids is 1. The average Bonchev–Trinajstić information content (AvgIpc) is 2.83. The van der Waals surface area contributed by atoms with Gasteiger partial charge in [-0.05, 0) is 16.7 Å². The van der Waals surface area contributed by atoms with E-state index in [2.05, 4.69) is 0 Å². The summed E-state index contributed by atoms with van der Waals surface area (Å²) in [7, 11) is 0. The second kappa shape index (κ2) is 6.75. The van der Waals surface area contributed by atoms with Gasteiger partial charge in [0.05, 0.1) is 9.90 Å². The summed E-state index contributed by atoms with van der Waals surface area (Å²) in [4.78, 5) is 11.3. The predicted octanol–water partition coefficient (Wildman–Crippen LogP) is 6.01. The number of carbonyl (C=O) groups is 1. The fourth-order valence-corrected chi connectivity index (χ4v) is 4.13. The smallest absolute Gasteiger partial charge is 0.338 e. The average molecular weight is 363 g/mol. The minimum atomic E-state index is -1.05. The molecule has 1 N–H and O–H groups in total. The van der Waals surface area contributed by atoms with Crippen LogP contribution in [0.3, 0.4) is 0 Å². The topological polar surface area (TPSA) is 37.3 Å². The molecule has 3 aromatic rings. The van der Waals surface area contributed by atoms with Crippen molar-refractivity contribution in [2.75, 3.05) is 0 Å². The first-order chi connectivity index (χ1) is 11.1. The van der Waals surface area contributed by atoms with Crippen LogP contribution in [0.2, 0.25) is 8.67 Å². The van der Waals surface area contributed by atoms with Crippen molar-refractivity contribution < 1.29 is 9.90 Å². The van der Waals surface area contributed by atoms with Crippen LogP contribution in [-0.2, 0) is 6.42 Å². The Labute approximate surface area is 147 Å². The molecular weight excluding hydrogens is 351 g/mol. The number of carboxylic acid groups (broad SMARTS) is 1. The van der Waals surface area contributed by atoms with E-state index in [1.165, 1.54) is 0 Å². The standard InChI is InChI=1S/C18H12Cl2O2S/c19-16-14(15(18(21)22)17(20)23-16)10-11-6-8-13(9-7-11)12-4-2-1-3-5-12/h1-9H,10H2,(H,21,22). The number of hydrogen-bond donors (Lipinski definition) is 1. The van der Waals surface area contributed by atoms with Gasteiger partial charge in [0.1, 0.15) is 4.34 Å². The Hall–Kier alpha value is -1.81. The van der Waals surface area contributed by atoms with Crippen LogP contribution in [0.5, 0.6) is 0 Å². The first kappa shape index (κ1) is 16.1. The van der Waals surface area contributed by atoms with Crippen molar-refractivity contribution in [3.8, 4) is 11.1 Å². The highest BCUT2D eigenvalue weighted by Gasteiger charge is 2.21. The second-order valence-corrected chi connectivity index (χ2v) is 7.27. The van der Waals surface area contributed by atoms with Crippen LogP contribution >= 0.6 is 34.5 Å². The van der Waals surface area contributed by atoms with Crippen LogP contribution in [0.4, 0.5) is 0 Å². The zero-order valence-corrected chi connectivity index (χ0v) is 14.3. The first-order valence-electron chi connectivity index (χ1n) is 6.90. The Kier molecular flexibility index (Phi) is 4.71. The summed E-state index contributed by atoms with van der Waals surface area (Å²) < 4.78 is 0.651. The number of aromatic carboxylic acids is 1. The molecule has 0 saturated carbocycles. The fourth-order valence-electron chi connectivity index (χ4n) is 2.43. The maximum Gasteiger partial charge on any atom is 0.338 e. The van der Waals surface area contributed by atoms with E-state index >= 15 is 0 Å². The highest BCUT2D eigenvalue weighted by Crippen LogP contribution is 2.38. The van der Waals surface area contributed by atoms with Crippen molar-refractivity contribution in [3.63, 3.8) is 0 Å². The normalized spacial score (nSPS) is 10.7. The molecule has 5 heteroatoms. The van der Waals surface area contributed by atoms with Crippen molar-refractivity contribution in [2.45, 2.75) is 6.42 Å². The van der Waals surface area contributed by atoms with Crippen LogP contribution < -0.4 is 0 Å². The SMILES string of the molecule is O=C(O)c1c(Cl)sc(Cl)c1Cc1ccc(-c2ccccc2)cc1. The summed E-state index contributed by atoms with van der Waals surface area (Å²) in [6.45, 7) is 0. The molecule has 1 aromatic heterocycles. The van der Waals surface area contributed by atoms with Crippen LogP contribution in [0.15, 0.2) is 54.6 Å². The van der Waals surface area contributed by atoms with E-state index in [9.17, 15) is 9.90 Å². The third-order valence-electron chi connectivity index (χ3n) is 3.57. The lowest BCUT2D eigenvalue weighted by molar-refractivity contribution is 0.0696. The van der Waals surface area contributed by atoms with Crippen molar-refractivity contribution in [3.05, 3.63) is 80.0 Å². The molecule has 2 aromatic carbocycles. The van der Waals surface area contributed by atoms with Gasteiger partial charge >= 0.3 is 5.97 Å². The molecule has 23 heavy (non-hydrogen) atoms. The van der Waals surface area contributed by atoms with Crippen molar-refractivity contribution in [2.24, 2.45) is 0 Å². The van der Waals surface area contributed by atoms with E-state index in [4.69, 9.17) is 23.2 Å². The lowest BCUT2D eigenvalue weighted by Gasteiger charge is -2.06. The maximum atomic E-state index is 11.3. The largest absolute Gasteiger partial charge is 0.478 e. The molecule has 3 rings (SSSR count). The summed E-state index contributed by atoms with van der Waals surface area (Å²) >= 11 is 13.2. The molecular formula is C18H12Cl2O2S. The van der Waals surface area contributed by atoms with E-state index in [-0.39, 0.29) is 9.90 Å². The Morgan fingerprint density at radius 1 is 0.913 bits per heavy atom. The number of halogens is 2. The Balaban J connectivity index is 1.89. The lowest BCUT2D eigenvalue weighted by atomic mass is 10.00. The molecule has 0 aliphatic rings. The van der Waals surface area contributed by atoms with Crippen molar-refractivity contribution >= 4 is 40.5 Å². The fraction of sp³-hybridized carbons (Fsp3) is 0.0556. The van der Waals surface area contributed by atoms with Gasteiger partial charge in [0.2, 0.25) is 0 Å². The molecule has 0 aliphatic carbocycles. The minimum Gasteiger partial charge on any atom is -0.478 e. The molecule has 0 radical (unpaired) electrons. The van der Waals surface area contributed by atoms with Gasteiger partial charge in [-0.1, -0.05) is 77.8 Å². The third kappa shape index (κ3) is 3.42. The van der Waals surface area contributed by atoms with Crippen LogP contribution in [0, 0.1) is 0 Å². The summed E-state index contributed by atoms with van der Waals surface area (Å²) in [6.07, 6.45) is 0.443. The lowest BCUT2D eigenvalue weighted by Crippen LogP contribution is -2.01. The van der Waals surface area contributed by atoms with Crippen molar-refractivity contribution in [1.82, 2.24) is 0 Å². The molecule has 0 bridgehead atoms. The molecule has 0 aliphatic heterocycles. The third-order valence-corrected chi connectivity index (χ3v) is 5.26. The van der Waals surface area contributed by atoms with Gasteiger partial charge in [-0.25, -0.2) is 4.79 Å². The highest BCUT2D eigenvalue weighted by molar-refractivity contribution is 7.20. The Morgan fingerprint density at radius 2 is 1.52 bits per heavy atom. The van der Waals surface area contributed by atoms with Gasteiger partial charge in [0.25, 0.3) is 0 Å². The highest BCUT2D eigenvalue weighted by atomic mass is 35.5. The zero-order chi connectivity index (χ0) is 16.4. The molecule has 0 fully saturated rings. The van der Waals surface area contributed by atoms with Crippen LogP contribution in [0.1, 0.15) is 21.5 Å². The first-order valence-corrected chi connectivity index (χ1v) is 8.48. The molecule has 0 spiro atoms. The Morgan fingerprint density at radius 3 is 2.13 bits per heavy atom. The maximum absolute atomic E-state index is 11.3. The molecule has 0 saturated heterocycles. The van der Waals surface area contributed by atoms with E-state index in [1.807, 2.05) is 54.6 Å². The molecule has 116 valence electrons.